The largest absolute Gasteiger partial charge is 0.459 e. The van der Waals surface area contributed by atoms with E-state index >= 15 is 0 Å². The van der Waals surface area contributed by atoms with Crippen LogP contribution < -0.4 is 0 Å². The molecule has 1 unspecified atom stereocenters. The Labute approximate surface area is 152 Å². The van der Waals surface area contributed by atoms with E-state index in [2.05, 4.69) is 27.7 Å². The topological polar surface area (TPSA) is 26.3 Å². The number of carbonyl (C=O) groups excluding carboxylic acids is 1. The van der Waals surface area contributed by atoms with Gasteiger partial charge in [-0.2, -0.15) is 0 Å². The zero-order valence-corrected chi connectivity index (χ0v) is 17.5. The van der Waals surface area contributed by atoms with Gasteiger partial charge in [-0.25, -0.2) is 0 Å². The van der Waals surface area contributed by atoms with E-state index in [1.807, 2.05) is 13.8 Å². The first-order valence-electron chi connectivity index (χ1n) is 10.5. The second-order valence-electron chi connectivity index (χ2n) is 8.40. The molecule has 0 saturated carbocycles. The maximum Gasteiger partial charge on any atom is 0.306 e. The molecule has 0 aliphatic heterocycles. The van der Waals surface area contributed by atoms with Gasteiger partial charge in [0, 0.05) is 6.42 Å². The van der Waals surface area contributed by atoms with E-state index in [-0.39, 0.29) is 11.6 Å². The van der Waals surface area contributed by atoms with Gasteiger partial charge in [0.25, 0.3) is 0 Å². The third-order valence-electron chi connectivity index (χ3n) is 5.46. The molecule has 0 spiro atoms. The molecule has 0 rings (SSSR count). The molecule has 144 valence electrons. The number of unbranched alkanes of at least 4 members (excludes halogenated alkanes) is 10. The molecule has 0 amide bonds. The van der Waals surface area contributed by atoms with Gasteiger partial charge in [-0.1, -0.05) is 91.9 Å². The highest BCUT2D eigenvalue weighted by Gasteiger charge is 2.31. The van der Waals surface area contributed by atoms with E-state index in [9.17, 15) is 4.79 Å². The van der Waals surface area contributed by atoms with Crippen LogP contribution >= 0.6 is 0 Å². The molecule has 0 aromatic carbocycles. The Morgan fingerprint density at radius 1 is 0.792 bits per heavy atom. The SMILES string of the molecule is CCCCCCCCCCCCCC(=O)OC(C)(C)C(C)C(C)C. The van der Waals surface area contributed by atoms with Crippen molar-refractivity contribution < 1.29 is 9.53 Å². The van der Waals surface area contributed by atoms with Crippen LogP contribution in [-0.4, -0.2) is 11.6 Å². The molecule has 2 heteroatoms. The summed E-state index contributed by atoms with van der Waals surface area (Å²) < 4.78 is 5.71. The molecular formula is C22H44O2. The lowest BCUT2D eigenvalue weighted by Gasteiger charge is -2.34. The summed E-state index contributed by atoms with van der Waals surface area (Å²) >= 11 is 0. The Morgan fingerprint density at radius 3 is 1.62 bits per heavy atom. The van der Waals surface area contributed by atoms with Gasteiger partial charge in [0.05, 0.1) is 0 Å². The number of hydrogen-bond acceptors (Lipinski definition) is 2. The third kappa shape index (κ3) is 11.9. The molecule has 0 saturated heterocycles. The highest BCUT2D eigenvalue weighted by molar-refractivity contribution is 5.69. The van der Waals surface area contributed by atoms with Crippen LogP contribution in [0.15, 0.2) is 0 Å². The average molecular weight is 341 g/mol. The zero-order valence-electron chi connectivity index (χ0n) is 17.5. The maximum atomic E-state index is 12.0. The van der Waals surface area contributed by atoms with Crippen LogP contribution in [0.2, 0.25) is 0 Å². The van der Waals surface area contributed by atoms with Crippen LogP contribution in [0.4, 0.5) is 0 Å². The van der Waals surface area contributed by atoms with Crippen molar-refractivity contribution in [3.63, 3.8) is 0 Å². The van der Waals surface area contributed by atoms with Crippen molar-refractivity contribution in [1.29, 1.82) is 0 Å². The van der Waals surface area contributed by atoms with Gasteiger partial charge in [0.1, 0.15) is 5.60 Å². The first-order valence-corrected chi connectivity index (χ1v) is 10.5. The van der Waals surface area contributed by atoms with Crippen molar-refractivity contribution in [2.75, 3.05) is 0 Å². The van der Waals surface area contributed by atoms with Crippen molar-refractivity contribution in [3.05, 3.63) is 0 Å². The predicted molar refractivity (Wildman–Crippen MR) is 105 cm³/mol. The van der Waals surface area contributed by atoms with Crippen molar-refractivity contribution >= 4 is 5.97 Å². The van der Waals surface area contributed by atoms with Crippen molar-refractivity contribution in [2.45, 2.75) is 124 Å². The number of esters is 1. The quantitative estimate of drug-likeness (QED) is 0.231. The Morgan fingerprint density at radius 2 is 1.21 bits per heavy atom. The fraction of sp³-hybridized carbons (Fsp3) is 0.955. The fourth-order valence-corrected chi connectivity index (χ4v) is 3.17. The second kappa shape index (κ2) is 13.7. The summed E-state index contributed by atoms with van der Waals surface area (Å²) in [6, 6.07) is 0. The monoisotopic (exact) mass is 340 g/mol. The van der Waals surface area contributed by atoms with Crippen LogP contribution in [0.1, 0.15) is 119 Å². The summed E-state index contributed by atoms with van der Waals surface area (Å²) in [6.45, 7) is 12.9. The van der Waals surface area contributed by atoms with Gasteiger partial charge in [-0.15, -0.1) is 0 Å². The molecular weight excluding hydrogens is 296 g/mol. The standard InChI is InChI=1S/C22H44O2/c1-7-8-9-10-11-12-13-14-15-16-17-18-21(23)24-22(5,6)20(4)19(2)3/h19-20H,7-18H2,1-6H3. The summed E-state index contributed by atoms with van der Waals surface area (Å²) in [5.74, 6) is 0.872. The Bertz CT molecular complexity index is 307. The van der Waals surface area contributed by atoms with Gasteiger partial charge in [-0.3, -0.25) is 4.79 Å². The molecule has 24 heavy (non-hydrogen) atoms. The second-order valence-corrected chi connectivity index (χ2v) is 8.40. The average Bonchev–Trinajstić information content (AvgIpc) is 2.51. The van der Waals surface area contributed by atoms with E-state index in [1.54, 1.807) is 0 Å². The zero-order chi connectivity index (χ0) is 18.4. The fourth-order valence-electron chi connectivity index (χ4n) is 3.17. The van der Waals surface area contributed by atoms with Gasteiger partial charge in [0.15, 0.2) is 0 Å². The molecule has 2 nitrogen and oxygen atoms in total. The van der Waals surface area contributed by atoms with E-state index in [0.29, 0.717) is 18.3 Å². The lowest BCUT2D eigenvalue weighted by molar-refractivity contribution is -0.162. The smallest absolute Gasteiger partial charge is 0.306 e. The molecule has 0 aromatic rings. The Kier molecular flexibility index (Phi) is 13.4. The van der Waals surface area contributed by atoms with Crippen molar-refractivity contribution in [1.82, 2.24) is 0 Å². The summed E-state index contributed by atoms with van der Waals surface area (Å²) in [4.78, 5) is 12.0. The Balaban J connectivity index is 3.56. The summed E-state index contributed by atoms with van der Waals surface area (Å²) in [7, 11) is 0. The van der Waals surface area contributed by atoms with Gasteiger partial charge < -0.3 is 4.74 Å². The Hall–Kier alpha value is -0.530. The van der Waals surface area contributed by atoms with Crippen LogP contribution in [0, 0.1) is 11.8 Å². The molecule has 0 aliphatic carbocycles. The molecule has 0 aromatic heterocycles. The molecule has 0 bridgehead atoms. The minimum Gasteiger partial charge on any atom is -0.459 e. The molecule has 0 heterocycles. The van der Waals surface area contributed by atoms with Gasteiger partial charge >= 0.3 is 5.97 Å². The number of hydrogen-bond donors (Lipinski definition) is 0. The molecule has 1 atom stereocenters. The van der Waals surface area contributed by atoms with Crippen molar-refractivity contribution in [3.8, 4) is 0 Å². The summed E-state index contributed by atoms with van der Waals surface area (Å²) in [5, 5.41) is 0. The van der Waals surface area contributed by atoms with E-state index in [4.69, 9.17) is 4.74 Å². The minimum atomic E-state index is -0.358. The van der Waals surface area contributed by atoms with Crippen LogP contribution in [0.25, 0.3) is 0 Å². The van der Waals surface area contributed by atoms with E-state index in [1.165, 1.54) is 57.8 Å². The van der Waals surface area contributed by atoms with Crippen LogP contribution in [0.3, 0.4) is 0 Å². The lowest BCUT2D eigenvalue weighted by Crippen LogP contribution is -2.37. The molecule has 0 fully saturated rings. The number of carbonyl (C=O) groups is 1. The predicted octanol–water partition coefficient (Wildman–Crippen LogP) is 7.30. The molecule has 0 radical (unpaired) electrons. The van der Waals surface area contributed by atoms with E-state index < -0.39 is 0 Å². The van der Waals surface area contributed by atoms with Crippen LogP contribution in [-0.2, 0) is 9.53 Å². The first-order chi connectivity index (χ1) is 11.3. The number of ether oxygens (including phenoxy) is 1. The van der Waals surface area contributed by atoms with Gasteiger partial charge in [-0.05, 0) is 32.1 Å². The summed E-state index contributed by atoms with van der Waals surface area (Å²) in [5.41, 5.74) is -0.358. The van der Waals surface area contributed by atoms with E-state index in [0.717, 1.165) is 12.8 Å². The van der Waals surface area contributed by atoms with Crippen molar-refractivity contribution in [2.24, 2.45) is 11.8 Å². The third-order valence-corrected chi connectivity index (χ3v) is 5.46. The highest BCUT2D eigenvalue weighted by atomic mass is 16.6. The first kappa shape index (κ1) is 23.5. The van der Waals surface area contributed by atoms with Gasteiger partial charge in [0.2, 0.25) is 0 Å². The molecule has 0 N–H and O–H groups in total. The van der Waals surface area contributed by atoms with Crippen LogP contribution in [0.5, 0.6) is 0 Å². The summed E-state index contributed by atoms with van der Waals surface area (Å²) in [6.07, 6.45) is 15.0. The normalized spacial score (nSPS) is 13.3. The maximum absolute atomic E-state index is 12.0. The lowest BCUT2D eigenvalue weighted by atomic mass is 9.83. The molecule has 0 aliphatic rings. The minimum absolute atomic E-state index is 0.0246. The number of rotatable bonds is 15. The highest BCUT2D eigenvalue weighted by Crippen LogP contribution is 2.28.